The van der Waals surface area contributed by atoms with Gasteiger partial charge in [-0.1, -0.05) is 36.4 Å². The maximum Gasteiger partial charge on any atom is 0.330 e. The Kier molecular flexibility index (Phi) is 10.0. The second kappa shape index (κ2) is 10.6. The van der Waals surface area contributed by atoms with Gasteiger partial charge in [-0.15, -0.1) is 0 Å². The molecule has 0 saturated carbocycles. The van der Waals surface area contributed by atoms with Gasteiger partial charge in [0.25, 0.3) is 0 Å². The number of allylic oxidation sites excluding steroid dienone is 1. The predicted molar refractivity (Wildman–Crippen MR) is 82.1 cm³/mol. The van der Waals surface area contributed by atoms with Gasteiger partial charge in [0.15, 0.2) is 0 Å². The highest BCUT2D eigenvalue weighted by Crippen LogP contribution is 2.10. The standard InChI is InChI=1S/C17H26NO2.BrH/c1-4-10-17(19)20-14-9-8-13-18(2,3)15-16-11-6-5-7-12-16;/h4-7,10-12H,8-9,13-15H2,1-3H3;1H/q+1;/p-1. The van der Waals surface area contributed by atoms with E-state index in [1.54, 1.807) is 6.08 Å². The molecule has 4 heteroatoms. The zero-order valence-corrected chi connectivity index (χ0v) is 14.8. The van der Waals surface area contributed by atoms with Crippen LogP contribution in [0.25, 0.3) is 0 Å². The summed E-state index contributed by atoms with van der Waals surface area (Å²) in [6.45, 7) is 4.43. The largest absolute Gasteiger partial charge is 1.00 e. The van der Waals surface area contributed by atoms with Crippen LogP contribution in [0.4, 0.5) is 0 Å². The number of hydrogen-bond donors (Lipinski definition) is 0. The number of benzene rings is 1. The summed E-state index contributed by atoms with van der Waals surface area (Å²) in [6.07, 6.45) is 5.13. The fraction of sp³-hybridized carbons (Fsp3) is 0.471. The summed E-state index contributed by atoms with van der Waals surface area (Å²) >= 11 is 0. The normalized spacial score (nSPS) is 11.2. The van der Waals surface area contributed by atoms with Crippen molar-refractivity contribution in [3.05, 3.63) is 48.0 Å². The monoisotopic (exact) mass is 355 g/mol. The molecule has 1 aromatic rings. The van der Waals surface area contributed by atoms with Crippen LogP contribution in [0, 0.1) is 0 Å². The number of carbonyl (C=O) groups excluding carboxylic acids is 1. The second-order valence-electron chi connectivity index (χ2n) is 5.68. The van der Waals surface area contributed by atoms with E-state index in [4.69, 9.17) is 4.74 Å². The molecule has 0 aliphatic heterocycles. The summed E-state index contributed by atoms with van der Waals surface area (Å²) in [5.74, 6) is -0.245. The highest BCUT2D eigenvalue weighted by atomic mass is 79.9. The Labute approximate surface area is 139 Å². The molecule has 118 valence electrons. The summed E-state index contributed by atoms with van der Waals surface area (Å²) in [6, 6.07) is 10.5. The number of rotatable bonds is 8. The van der Waals surface area contributed by atoms with Crippen LogP contribution in [-0.4, -0.2) is 37.7 Å². The molecule has 0 N–H and O–H groups in total. The lowest BCUT2D eigenvalue weighted by atomic mass is 10.2. The lowest BCUT2D eigenvalue weighted by molar-refractivity contribution is -0.903. The van der Waals surface area contributed by atoms with Crippen LogP contribution in [0.2, 0.25) is 0 Å². The Morgan fingerprint density at radius 3 is 2.48 bits per heavy atom. The second-order valence-corrected chi connectivity index (χ2v) is 5.68. The highest BCUT2D eigenvalue weighted by molar-refractivity contribution is 5.81. The zero-order valence-electron chi connectivity index (χ0n) is 13.2. The van der Waals surface area contributed by atoms with E-state index in [9.17, 15) is 4.79 Å². The lowest BCUT2D eigenvalue weighted by Gasteiger charge is -2.30. The van der Waals surface area contributed by atoms with E-state index in [1.807, 2.05) is 13.0 Å². The van der Waals surface area contributed by atoms with Gasteiger partial charge in [-0.05, 0) is 19.8 Å². The molecule has 3 nitrogen and oxygen atoms in total. The first kappa shape index (κ1) is 19.9. The molecule has 0 bridgehead atoms. The van der Waals surface area contributed by atoms with Gasteiger partial charge in [0.2, 0.25) is 0 Å². The zero-order chi connectivity index (χ0) is 14.8. The number of hydrogen-bond acceptors (Lipinski definition) is 2. The minimum atomic E-state index is -0.245. The van der Waals surface area contributed by atoms with Gasteiger partial charge in [0, 0.05) is 11.6 Å². The third kappa shape index (κ3) is 9.43. The number of carbonyl (C=O) groups is 1. The van der Waals surface area contributed by atoms with Crippen LogP contribution in [0.3, 0.4) is 0 Å². The molecule has 0 unspecified atom stereocenters. The highest BCUT2D eigenvalue weighted by Gasteiger charge is 2.15. The van der Waals surface area contributed by atoms with Gasteiger partial charge in [0.1, 0.15) is 6.54 Å². The van der Waals surface area contributed by atoms with E-state index >= 15 is 0 Å². The van der Waals surface area contributed by atoms with E-state index in [-0.39, 0.29) is 23.0 Å². The molecular formula is C17H26BrNO2. The van der Waals surface area contributed by atoms with Crippen molar-refractivity contribution in [3.8, 4) is 0 Å². The topological polar surface area (TPSA) is 26.3 Å². The number of unbranched alkanes of at least 4 members (excludes halogenated alkanes) is 1. The fourth-order valence-electron chi connectivity index (χ4n) is 2.16. The third-order valence-electron chi connectivity index (χ3n) is 3.16. The predicted octanol–water partition coefficient (Wildman–Crippen LogP) is 0.167. The minimum Gasteiger partial charge on any atom is -1.00 e. The van der Waals surface area contributed by atoms with Gasteiger partial charge >= 0.3 is 5.97 Å². The first-order chi connectivity index (χ1) is 9.53. The molecular weight excluding hydrogens is 330 g/mol. The number of esters is 1. The van der Waals surface area contributed by atoms with Crippen LogP contribution in [0.5, 0.6) is 0 Å². The number of ether oxygens (including phenoxy) is 1. The summed E-state index contributed by atoms with van der Waals surface area (Å²) in [7, 11) is 4.47. The fourth-order valence-corrected chi connectivity index (χ4v) is 2.16. The van der Waals surface area contributed by atoms with Crippen molar-refractivity contribution in [1.29, 1.82) is 0 Å². The van der Waals surface area contributed by atoms with E-state index in [0.29, 0.717) is 6.61 Å². The van der Waals surface area contributed by atoms with E-state index in [0.717, 1.165) is 30.4 Å². The van der Waals surface area contributed by atoms with E-state index in [1.165, 1.54) is 11.6 Å². The van der Waals surface area contributed by atoms with Crippen molar-refractivity contribution in [2.45, 2.75) is 26.3 Å². The average Bonchev–Trinajstić information content (AvgIpc) is 2.39. The SMILES string of the molecule is CC=CC(=O)OCCCC[N+](C)(C)Cc1ccccc1.[Br-]. The summed E-state index contributed by atoms with van der Waals surface area (Å²) in [5.41, 5.74) is 1.36. The molecule has 0 saturated heterocycles. The van der Waals surface area contributed by atoms with E-state index in [2.05, 4.69) is 38.4 Å². The van der Waals surface area contributed by atoms with Crippen molar-refractivity contribution in [2.75, 3.05) is 27.2 Å². The van der Waals surface area contributed by atoms with Gasteiger partial charge in [0.05, 0.1) is 27.2 Å². The maximum absolute atomic E-state index is 11.1. The van der Waals surface area contributed by atoms with Crippen molar-refractivity contribution < 1.29 is 31.0 Å². The molecule has 0 spiro atoms. The van der Waals surface area contributed by atoms with Gasteiger partial charge in [-0.2, -0.15) is 0 Å². The molecule has 0 heterocycles. The smallest absolute Gasteiger partial charge is 0.330 e. The summed E-state index contributed by atoms with van der Waals surface area (Å²) < 4.78 is 6.03. The van der Waals surface area contributed by atoms with Crippen LogP contribution in [0.15, 0.2) is 42.5 Å². The molecule has 0 atom stereocenters. The van der Waals surface area contributed by atoms with Crippen molar-refractivity contribution in [1.82, 2.24) is 0 Å². The number of halogens is 1. The number of quaternary nitrogens is 1. The van der Waals surface area contributed by atoms with Gasteiger partial charge < -0.3 is 26.2 Å². The average molecular weight is 356 g/mol. The number of nitrogens with zero attached hydrogens (tertiary/aromatic N) is 1. The molecule has 1 rings (SSSR count). The van der Waals surface area contributed by atoms with E-state index < -0.39 is 0 Å². The van der Waals surface area contributed by atoms with Crippen LogP contribution < -0.4 is 17.0 Å². The molecule has 0 aliphatic rings. The molecule has 0 fully saturated rings. The molecule has 21 heavy (non-hydrogen) atoms. The maximum atomic E-state index is 11.1. The van der Waals surface area contributed by atoms with Crippen LogP contribution >= 0.6 is 0 Å². The Balaban J connectivity index is 0.00000400. The molecule has 1 aromatic carbocycles. The minimum absolute atomic E-state index is 0. The molecule has 0 aromatic heterocycles. The van der Waals surface area contributed by atoms with Gasteiger partial charge in [-0.3, -0.25) is 0 Å². The van der Waals surface area contributed by atoms with Crippen molar-refractivity contribution in [3.63, 3.8) is 0 Å². The molecule has 0 radical (unpaired) electrons. The first-order valence-corrected chi connectivity index (χ1v) is 7.19. The third-order valence-corrected chi connectivity index (χ3v) is 3.16. The van der Waals surface area contributed by atoms with Gasteiger partial charge in [-0.25, -0.2) is 4.79 Å². The van der Waals surface area contributed by atoms with Crippen LogP contribution in [0.1, 0.15) is 25.3 Å². The molecule has 0 amide bonds. The van der Waals surface area contributed by atoms with Crippen molar-refractivity contribution in [2.24, 2.45) is 0 Å². The molecule has 0 aliphatic carbocycles. The Morgan fingerprint density at radius 2 is 1.86 bits per heavy atom. The first-order valence-electron chi connectivity index (χ1n) is 7.19. The summed E-state index contributed by atoms with van der Waals surface area (Å²) in [5, 5.41) is 0. The van der Waals surface area contributed by atoms with Crippen LogP contribution in [-0.2, 0) is 16.1 Å². The lowest BCUT2D eigenvalue weighted by Crippen LogP contribution is -3.00. The Bertz CT molecular complexity index is 430. The quantitative estimate of drug-likeness (QED) is 0.287. The Morgan fingerprint density at radius 1 is 1.19 bits per heavy atom. The Hall–Kier alpha value is -1.13. The van der Waals surface area contributed by atoms with Crippen molar-refractivity contribution >= 4 is 5.97 Å². The summed E-state index contributed by atoms with van der Waals surface area (Å²) in [4.78, 5) is 11.1.